The van der Waals surface area contributed by atoms with Gasteiger partial charge in [0.15, 0.2) is 5.78 Å². The third-order valence-corrected chi connectivity index (χ3v) is 8.05. The molecule has 2 aromatic rings. The molecule has 1 aromatic heterocycles. The molecule has 8 heteroatoms. The van der Waals surface area contributed by atoms with Gasteiger partial charge in [-0.3, -0.25) is 9.59 Å². The summed E-state index contributed by atoms with van der Waals surface area (Å²) in [4.78, 5) is 42.4. The normalized spacial score (nSPS) is 25.2. The first kappa shape index (κ1) is 25.4. The molecule has 2 saturated carbocycles. The maximum atomic E-state index is 13.0. The van der Waals surface area contributed by atoms with Crippen LogP contribution in [-0.2, 0) is 14.3 Å². The smallest absolute Gasteiger partial charge is 0.332 e. The Morgan fingerprint density at radius 3 is 2.60 bits per heavy atom. The Morgan fingerprint density at radius 2 is 1.97 bits per heavy atom. The van der Waals surface area contributed by atoms with Gasteiger partial charge in [-0.05, 0) is 69.2 Å². The summed E-state index contributed by atoms with van der Waals surface area (Å²) in [5.74, 6) is -0.493. The minimum atomic E-state index is -0.994. The van der Waals surface area contributed by atoms with Crippen LogP contribution in [0.15, 0.2) is 24.8 Å². The number of ketones is 1. The first-order chi connectivity index (χ1) is 16.6. The molecule has 35 heavy (non-hydrogen) atoms. The molecule has 0 radical (unpaired) electrons. The molecular formula is C27H31BrN2O5. The fourth-order valence-electron chi connectivity index (χ4n) is 5.03. The summed E-state index contributed by atoms with van der Waals surface area (Å²) in [6.45, 7) is 9.85. The first-order valence-corrected chi connectivity index (χ1v) is 13.0. The van der Waals surface area contributed by atoms with E-state index in [1.54, 1.807) is 12.1 Å². The van der Waals surface area contributed by atoms with Gasteiger partial charge in [0.2, 0.25) is 5.91 Å². The molecule has 0 saturated heterocycles. The number of carbonyl (C=O) groups excluding carboxylic acids is 3. The molecule has 4 atom stereocenters. The molecule has 2 aliphatic carbocycles. The predicted molar refractivity (Wildman–Crippen MR) is 137 cm³/mol. The van der Waals surface area contributed by atoms with Gasteiger partial charge < -0.3 is 14.8 Å². The van der Waals surface area contributed by atoms with Gasteiger partial charge in [0.25, 0.3) is 0 Å². The van der Waals surface area contributed by atoms with Crippen LogP contribution in [0.5, 0.6) is 5.75 Å². The average molecular weight is 543 g/mol. The number of aryl methyl sites for hydroxylation is 2. The van der Waals surface area contributed by atoms with Crippen LogP contribution in [0.2, 0.25) is 0 Å². The van der Waals surface area contributed by atoms with E-state index < -0.39 is 11.5 Å². The number of hydrogen-bond acceptors (Lipinski definition) is 6. The molecule has 1 heterocycles. The summed E-state index contributed by atoms with van der Waals surface area (Å²) in [6, 6.07) is 3.75. The molecule has 2 fully saturated rings. The number of nitrogens with one attached hydrogen (secondary N) is 1. The van der Waals surface area contributed by atoms with E-state index in [0.29, 0.717) is 37.1 Å². The topological polar surface area (TPSA) is 94.6 Å². The van der Waals surface area contributed by atoms with Crippen molar-refractivity contribution in [1.82, 2.24) is 10.3 Å². The second-order valence-corrected chi connectivity index (χ2v) is 10.2. The van der Waals surface area contributed by atoms with Crippen molar-refractivity contribution < 1.29 is 23.9 Å². The number of pyridine rings is 1. The second kappa shape index (κ2) is 9.72. The van der Waals surface area contributed by atoms with E-state index in [2.05, 4.69) is 32.8 Å². The number of esters is 1. The Balaban J connectivity index is 1.55. The highest BCUT2D eigenvalue weighted by Gasteiger charge is 2.61. The molecule has 4 rings (SSSR count). The highest BCUT2D eigenvalue weighted by molar-refractivity contribution is 9.09. The average Bonchev–Trinajstić information content (AvgIpc) is 3.37. The predicted octanol–water partition coefficient (Wildman–Crippen LogP) is 4.52. The number of methoxy groups -OCH3 is 1. The molecule has 7 nitrogen and oxygen atoms in total. The van der Waals surface area contributed by atoms with Crippen LogP contribution in [0.3, 0.4) is 0 Å². The summed E-state index contributed by atoms with van der Waals surface area (Å²) in [5.41, 5.74) is 3.39. The Morgan fingerprint density at radius 1 is 1.23 bits per heavy atom. The van der Waals surface area contributed by atoms with Crippen molar-refractivity contribution in [2.75, 3.05) is 12.4 Å². The SMILES string of the molecule is C=C[C@@H]1C[C@]1(NC(=O)[C@H]1CC[C@H](Oc2cc(C(=O)CBr)nc3c(C)c(C)c(C)cc23)C1)C(=O)OC. The third-order valence-electron chi connectivity index (χ3n) is 7.54. The molecule has 0 unspecified atom stereocenters. The van der Waals surface area contributed by atoms with E-state index in [1.165, 1.54) is 7.11 Å². The van der Waals surface area contributed by atoms with Gasteiger partial charge in [0, 0.05) is 23.3 Å². The van der Waals surface area contributed by atoms with Crippen LogP contribution < -0.4 is 10.1 Å². The zero-order valence-corrected chi connectivity index (χ0v) is 22.2. The van der Waals surface area contributed by atoms with Gasteiger partial charge in [0.05, 0.1) is 24.1 Å². The maximum Gasteiger partial charge on any atom is 0.332 e. The van der Waals surface area contributed by atoms with Crippen molar-refractivity contribution in [1.29, 1.82) is 0 Å². The van der Waals surface area contributed by atoms with Crippen LogP contribution in [0.4, 0.5) is 0 Å². The highest BCUT2D eigenvalue weighted by atomic mass is 79.9. The summed E-state index contributed by atoms with van der Waals surface area (Å²) in [7, 11) is 1.33. The van der Waals surface area contributed by atoms with Gasteiger partial charge in [-0.1, -0.05) is 22.0 Å². The molecule has 0 bridgehead atoms. The van der Waals surface area contributed by atoms with Gasteiger partial charge >= 0.3 is 5.97 Å². The fraction of sp³-hybridized carbons (Fsp3) is 0.481. The zero-order chi connectivity index (χ0) is 25.5. The van der Waals surface area contributed by atoms with Crippen molar-refractivity contribution in [3.63, 3.8) is 0 Å². The lowest BCUT2D eigenvalue weighted by Crippen LogP contribution is -2.47. The molecule has 1 aromatic carbocycles. The van der Waals surface area contributed by atoms with E-state index in [9.17, 15) is 14.4 Å². The number of carbonyl (C=O) groups is 3. The first-order valence-electron chi connectivity index (χ1n) is 11.9. The van der Waals surface area contributed by atoms with Gasteiger partial charge in [0.1, 0.15) is 17.0 Å². The minimum absolute atomic E-state index is 0.115. The molecule has 186 valence electrons. The molecule has 0 aliphatic heterocycles. The highest BCUT2D eigenvalue weighted by Crippen LogP contribution is 2.46. The lowest BCUT2D eigenvalue weighted by molar-refractivity contribution is -0.147. The third kappa shape index (κ3) is 4.60. The van der Waals surface area contributed by atoms with E-state index in [0.717, 1.165) is 27.6 Å². The monoisotopic (exact) mass is 542 g/mol. The Hall–Kier alpha value is -2.74. The number of rotatable bonds is 8. The number of aromatic nitrogens is 1. The van der Waals surface area contributed by atoms with Gasteiger partial charge in [-0.2, -0.15) is 0 Å². The molecule has 1 N–H and O–H groups in total. The largest absolute Gasteiger partial charge is 0.490 e. The Kier molecular flexibility index (Phi) is 7.04. The minimum Gasteiger partial charge on any atom is -0.490 e. The number of ether oxygens (including phenoxy) is 2. The van der Waals surface area contributed by atoms with Crippen molar-refractivity contribution in [2.24, 2.45) is 11.8 Å². The van der Waals surface area contributed by atoms with E-state index >= 15 is 0 Å². The number of benzene rings is 1. The van der Waals surface area contributed by atoms with Crippen molar-refractivity contribution in [3.8, 4) is 5.75 Å². The summed E-state index contributed by atoms with van der Waals surface area (Å²) < 4.78 is 11.3. The van der Waals surface area contributed by atoms with Gasteiger partial charge in [-0.15, -0.1) is 6.58 Å². The second-order valence-electron chi connectivity index (χ2n) is 9.65. The standard InChI is InChI=1S/C27H31BrN2O5/c1-6-18-12-27(18,26(33)34-5)30-25(32)17-7-8-19(10-17)35-23-11-21(22(31)13-28)29-24-16(4)15(3)14(2)9-20(23)24/h6,9,11,17-19H,1,7-8,10,12-13H2,2-5H3,(H,30,32)/t17-,18+,19-,27+/m0/s1. The fourth-order valence-corrected chi connectivity index (χ4v) is 5.32. The van der Waals surface area contributed by atoms with Crippen LogP contribution >= 0.6 is 15.9 Å². The molecule has 0 spiro atoms. The van der Waals surface area contributed by atoms with Crippen LogP contribution in [0.1, 0.15) is 52.9 Å². The number of nitrogens with zero attached hydrogens (tertiary/aromatic N) is 1. The van der Waals surface area contributed by atoms with Crippen LogP contribution in [-0.4, -0.2) is 46.7 Å². The van der Waals surface area contributed by atoms with Gasteiger partial charge in [-0.25, -0.2) is 9.78 Å². The molecular weight excluding hydrogens is 512 g/mol. The lowest BCUT2D eigenvalue weighted by atomic mass is 9.99. The van der Waals surface area contributed by atoms with Crippen molar-refractivity contribution >= 4 is 44.5 Å². The van der Waals surface area contributed by atoms with E-state index in [4.69, 9.17) is 9.47 Å². The number of fused-ring (bicyclic) bond motifs is 1. The number of hydrogen-bond donors (Lipinski definition) is 1. The number of halogens is 1. The zero-order valence-electron chi connectivity index (χ0n) is 20.6. The Labute approximate surface area is 213 Å². The Bertz CT molecular complexity index is 1230. The summed E-state index contributed by atoms with van der Waals surface area (Å²) in [6.07, 6.45) is 3.88. The number of Topliss-reactive ketones (excluding diaryl/α,β-unsaturated/α-hetero) is 1. The van der Waals surface area contributed by atoms with E-state index in [-0.39, 0.29) is 35.0 Å². The van der Waals surface area contributed by atoms with E-state index in [1.807, 2.05) is 26.8 Å². The molecule has 1 amide bonds. The van der Waals surface area contributed by atoms with Crippen LogP contribution in [0, 0.1) is 32.6 Å². The van der Waals surface area contributed by atoms with Crippen molar-refractivity contribution in [3.05, 3.63) is 47.2 Å². The maximum absolute atomic E-state index is 13.0. The number of amides is 1. The van der Waals surface area contributed by atoms with Crippen LogP contribution in [0.25, 0.3) is 10.9 Å². The number of alkyl halides is 1. The lowest BCUT2D eigenvalue weighted by Gasteiger charge is -2.20. The van der Waals surface area contributed by atoms with Crippen molar-refractivity contribution in [2.45, 2.75) is 58.1 Å². The summed E-state index contributed by atoms with van der Waals surface area (Å²) in [5, 5.41) is 3.96. The molecule has 2 aliphatic rings. The quantitative estimate of drug-likeness (QED) is 0.228. The summed E-state index contributed by atoms with van der Waals surface area (Å²) >= 11 is 3.24.